The molecule has 0 unspecified atom stereocenters. The molecule has 2 rings (SSSR count). The number of nitrogens with one attached hydrogen (secondary N) is 1. The molecule has 1 N–H and O–H groups in total. The lowest BCUT2D eigenvalue weighted by atomic mass is 9.76. The van der Waals surface area contributed by atoms with Crippen LogP contribution in [0.5, 0.6) is 0 Å². The van der Waals surface area contributed by atoms with Gasteiger partial charge in [-0.25, -0.2) is 0 Å². The predicted octanol–water partition coefficient (Wildman–Crippen LogP) is 3.65. The molecule has 1 saturated carbocycles. The van der Waals surface area contributed by atoms with Crippen LogP contribution in [0.1, 0.15) is 24.3 Å². The number of hydrogen-bond acceptors (Lipinski definition) is 2. The molecule has 1 aromatic carbocycles. The van der Waals surface area contributed by atoms with E-state index in [-0.39, 0.29) is 0 Å². The van der Waals surface area contributed by atoms with Crippen molar-refractivity contribution in [3.63, 3.8) is 0 Å². The highest BCUT2D eigenvalue weighted by Crippen LogP contribution is 2.37. The summed E-state index contributed by atoms with van der Waals surface area (Å²) in [6.07, 6.45) is 7.73. The molecular weight excluding hydrogens is 306 g/mol. The van der Waals surface area contributed by atoms with Gasteiger partial charge in [0.1, 0.15) is 0 Å². The average molecular weight is 324 g/mol. The summed E-state index contributed by atoms with van der Waals surface area (Å²) in [4.78, 5) is 0. The Morgan fingerprint density at radius 1 is 1.44 bits per heavy atom. The molecule has 1 fully saturated rings. The first-order valence-electron chi connectivity index (χ1n) is 6.29. The van der Waals surface area contributed by atoms with Crippen LogP contribution < -0.4 is 5.32 Å². The Balaban J connectivity index is 1.64. The second-order valence-corrected chi connectivity index (χ2v) is 6.65. The lowest BCUT2D eigenvalue weighted by Gasteiger charge is -2.36. The molecule has 0 bridgehead atoms. The zero-order valence-electron chi connectivity index (χ0n) is 10.4. The Bertz CT molecular complexity index is 421. The Labute approximate surface area is 122 Å². The average Bonchev–Trinajstić information content (AvgIpc) is 2.31. The van der Waals surface area contributed by atoms with Gasteiger partial charge in [-0.05, 0) is 36.5 Å². The molecule has 18 heavy (non-hydrogen) atoms. The van der Waals surface area contributed by atoms with Crippen molar-refractivity contribution in [1.82, 2.24) is 5.32 Å². The monoisotopic (exact) mass is 323 g/mol. The van der Waals surface area contributed by atoms with E-state index >= 15 is 0 Å². The number of terminal acetylenes is 1. The van der Waals surface area contributed by atoms with Gasteiger partial charge in [0.2, 0.25) is 0 Å². The van der Waals surface area contributed by atoms with E-state index in [2.05, 4.69) is 51.4 Å². The molecular formula is C15H18BrNS. The van der Waals surface area contributed by atoms with Gasteiger partial charge in [-0.15, -0.1) is 18.2 Å². The highest BCUT2D eigenvalue weighted by Gasteiger charge is 2.29. The predicted molar refractivity (Wildman–Crippen MR) is 84.1 cm³/mol. The first-order chi connectivity index (χ1) is 8.79. The van der Waals surface area contributed by atoms with E-state index in [1.807, 2.05) is 11.8 Å². The van der Waals surface area contributed by atoms with Gasteiger partial charge < -0.3 is 5.32 Å². The minimum atomic E-state index is 0.695. The molecule has 1 aliphatic carbocycles. The van der Waals surface area contributed by atoms with Gasteiger partial charge in [-0.2, -0.15) is 0 Å². The maximum atomic E-state index is 5.21. The zero-order chi connectivity index (χ0) is 12.8. The summed E-state index contributed by atoms with van der Waals surface area (Å²) in [6.45, 7) is 1.07. The molecule has 0 amide bonds. The molecule has 0 spiro atoms. The maximum Gasteiger partial charge on any atom is 0.0545 e. The van der Waals surface area contributed by atoms with E-state index in [0.717, 1.165) is 24.0 Å². The van der Waals surface area contributed by atoms with Crippen LogP contribution in [-0.2, 0) is 0 Å². The lowest BCUT2D eigenvalue weighted by Crippen LogP contribution is -2.41. The molecule has 1 aromatic rings. The SMILES string of the molecule is C#CCSCCNC1CC(c2cccc(Br)c2)C1. The smallest absolute Gasteiger partial charge is 0.0545 e. The highest BCUT2D eigenvalue weighted by molar-refractivity contribution is 9.10. The summed E-state index contributed by atoms with van der Waals surface area (Å²) < 4.78 is 1.18. The molecule has 0 heterocycles. The Morgan fingerprint density at radius 3 is 3.00 bits per heavy atom. The summed E-state index contributed by atoms with van der Waals surface area (Å²) in [5.74, 6) is 5.32. The molecule has 1 aliphatic rings. The van der Waals surface area contributed by atoms with Gasteiger partial charge in [0.25, 0.3) is 0 Å². The van der Waals surface area contributed by atoms with Crippen molar-refractivity contribution in [3.8, 4) is 12.3 Å². The molecule has 1 nitrogen and oxygen atoms in total. The van der Waals surface area contributed by atoms with Gasteiger partial charge in [-0.1, -0.05) is 34.0 Å². The van der Waals surface area contributed by atoms with Crippen molar-refractivity contribution in [2.24, 2.45) is 0 Å². The summed E-state index contributed by atoms with van der Waals surface area (Å²) in [5.41, 5.74) is 1.46. The van der Waals surface area contributed by atoms with Gasteiger partial charge in [0.15, 0.2) is 0 Å². The summed E-state index contributed by atoms with van der Waals surface area (Å²) in [7, 11) is 0. The molecule has 0 atom stereocenters. The fraction of sp³-hybridized carbons (Fsp3) is 0.467. The fourth-order valence-corrected chi connectivity index (χ4v) is 3.22. The molecule has 0 aliphatic heterocycles. The third-order valence-corrected chi connectivity index (χ3v) is 4.68. The number of thioether (sulfide) groups is 1. The van der Waals surface area contributed by atoms with Crippen LogP contribution in [0, 0.1) is 12.3 Å². The highest BCUT2D eigenvalue weighted by atomic mass is 79.9. The second kappa shape index (κ2) is 7.23. The van der Waals surface area contributed by atoms with Crippen LogP contribution >= 0.6 is 27.7 Å². The van der Waals surface area contributed by atoms with Crippen LogP contribution in [0.4, 0.5) is 0 Å². The minimum absolute atomic E-state index is 0.695. The maximum absolute atomic E-state index is 5.21. The fourth-order valence-electron chi connectivity index (χ4n) is 2.28. The van der Waals surface area contributed by atoms with Crippen molar-refractivity contribution in [2.45, 2.75) is 24.8 Å². The number of hydrogen-bond donors (Lipinski definition) is 1. The van der Waals surface area contributed by atoms with E-state index < -0.39 is 0 Å². The van der Waals surface area contributed by atoms with Crippen molar-refractivity contribution in [3.05, 3.63) is 34.3 Å². The number of halogens is 1. The second-order valence-electron chi connectivity index (χ2n) is 4.63. The topological polar surface area (TPSA) is 12.0 Å². The largest absolute Gasteiger partial charge is 0.313 e. The quantitative estimate of drug-likeness (QED) is 0.633. The molecule has 0 saturated heterocycles. The molecule has 96 valence electrons. The first kappa shape index (κ1) is 14.0. The van der Waals surface area contributed by atoms with Gasteiger partial charge in [-0.3, -0.25) is 0 Å². The van der Waals surface area contributed by atoms with Crippen LogP contribution in [0.3, 0.4) is 0 Å². The summed E-state index contributed by atoms with van der Waals surface area (Å²) in [5, 5.41) is 3.59. The van der Waals surface area contributed by atoms with E-state index in [4.69, 9.17) is 6.42 Å². The normalized spacial score (nSPS) is 22.2. The van der Waals surface area contributed by atoms with Crippen molar-refractivity contribution >= 4 is 27.7 Å². The Kier molecular flexibility index (Phi) is 5.62. The Hall–Kier alpha value is -0.430. The van der Waals surface area contributed by atoms with Crippen LogP contribution in [0.15, 0.2) is 28.7 Å². The van der Waals surface area contributed by atoms with E-state index in [1.165, 1.54) is 22.9 Å². The number of rotatable bonds is 6. The summed E-state index contributed by atoms with van der Waals surface area (Å²) in [6, 6.07) is 9.37. The lowest BCUT2D eigenvalue weighted by molar-refractivity contribution is 0.296. The molecule has 0 aromatic heterocycles. The zero-order valence-corrected chi connectivity index (χ0v) is 12.8. The number of benzene rings is 1. The van der Waals surface area contributed by atoms with Crippen LogP contribution in [0.2, 0.25) is 0 Å². The molecule has 0 radical (unpaired) electrons. The minimum Gasteiger partial charge on any atom is -0.313 e. The van der Waals surface area contributed by atoms with Crippen molar-refractivity contribution < 1.29 is 0 Å². The van der Waals surface area contributed by atoms with Gasteiger partial charge >= 0.3 is 0 Å². The first-order valence-corrected chi connectivity index (χ1v) is 8.24. The summed E-state index contributed by atoms with van der Waals surface area (Å²) >= 11 is 5.35. The standard InChI is InChI=1S/C15H18BrNS/c1-2-7-18-8-6-17-15-10-13(11-15)12-4-3-5-14(16)9-12/h1,3-5,9,13,15,17H,6-8,10-11H2. The third kappa shape index (κ3) is 4.05. The molecule has 3 heteroatoms. The van der Waals surface area contributed by atoms with Crippen LogP contribution in [-0.4, -0.2) is 24.1 Å². The van der Waals surface area contributed by atoms with Gasteiger partial charge in [0, 0.05) is 22.8 Å². The van der Waals surface area contributed by atoms with E-state index in [9.17, 15) is 0 Å². The van der Waals surface area contributed by atoms with Crippen molar-refractivity contribution in [1.29, 1.82) is 0 Å². The van der Waals surface area contributed by atoms with E-state index in [0.29, 0.717) is 6.04 Å². The van der Waals surface area contributed by atoms with Gasteiger partial charge in [0.05, 0.1) is 5.75 Å². The third-order valence-electron chi connectivity index (χ3n) is 3.32. The van der Waals surface area contributed by atoms with Crippen molar-refractivity contribution in [2.75, 3.05) is 18.1 Å². The Morgan fingerprint density at radius 2 is 2.28 bits per heavy atom. The van der Waals surface area contributed by atoms with E-state index in [1.54, 1.807) is 0 Å². The van der Waals surface area contributed by atoms with Crippen LogP contribution in [0.25, 0.3) is 0 Å².